The van der Waals surface area contributed by atoms with E-state index in [1.165, 1.54) is 24.5 Å². The van der Waals surface area contributed by atoms with E-state index in [1.807, 2.05) is 0 Å². The Hall–Kier alpha value is -2.79. The molecule has 10 nitrogen and oxygen atoms in total. The van der Waals surface area contributed by atoms with Gasteiger partial charge in [0.05, 0.1) is 4.90 Å². The van der Waals surface area contributed by atoms with Crippen molar-refractivity contribution in [1.29, 1.82) is 0 Å². The van der Waals surface area contributed by atoms with Crippen LogP contribution in [0.5, 0.6) is 0 Å². The molecule has 11 heteroatoms. The third-order valence-electron chi connectivity index (χ3n) is 3.36. The third kappa shape index (κ3) is 7.62. The highest BCUT2D eigenvalue weighted by Gasteiger charge is 2.19. The van der Waals surface area contributed by atoms with E-state index in [0.29, 0.717) is 6.61 Å². The van der Waals surface area contributed by atoms with Crippen LogP contribution in [0, 0.1) is 0 Å². The highest BCUT2D eigenvalue weighted by Crippen LogP contribution is 2.17. The Morgan fingerprint density at radius 1 is 1.17 bits per heavy atom. The summed E-state index contributed by atoms with van der Waals surface area (Å²) in [6.45, 7) is 5.82. The first-order valence-corrected chi connectivity index (χ1v) is 10.4. The molecule has 3 N–H and O–H groups in total. The van der Waals surface area contributed by atoms with Gasteiger partial charge in [-0.1, -0.05) is 6.07 Å². The van der Waals surface area contributed by atoms with Crippen LogP contribution in [0.2, 0.25) is 0 Å². The summed E-state index contributed by atoms with van der Waals surface area (Å²) >= 11 is 0. The zero-order chi connectivity index (χ0) is 21.5. The van der Waals surface area contributed by atoms with Crippen molar-refractivity contribution in [2.45, 2.75) is 31.3 Å². The first-order valence-electron chi connectivity index (χ1n) is 8.89. The van der Waals surface area contributed by atoms with E-state index >= 15 is 0 Å². The molecule has 0 bridgehead atoms. The molecule has 1 aliphatic rings. The van der Waals surface area contributed by atoms with Crippen molar-refractivity contribution in [3.63, 3.8) is 0 Å². The van der Waals surface area contributed by atoms with Crippen LogP contribution in [0.1, 0.15) is 20.8 Å². The fourth-order valence-corrected chi connectivity index (χ4v) is 3.25. The van der Waals surface area contributed by atoms with E-state index in [1.54, 1.807) is 26.8 Å². The standard InChI is InChI=1S/C18H25N3O7S/c1-18(2,3)28-17(23)19-7-8-20-29(24,25)14-6-4-5-13(11-14)21-16(22)15-12-26-9-10-27-15/h4-6,11-12,20H,7-10H2,1-3H3,(H,19,23)(H,21,22). The van der Waals surface area contributed by atoms with Gasteiger partial charge in [-0.15, -0.1) is 0 Å². The van der Waals surface area contributed by atoms with Crippen molar-refractivity contribution >= 4 is 27.7 Å². The second-order valence-electron chi connectivity index (χ2n) is 7.01. The summed E-state index contributed by atoms with van der Waals surface area (Å²) in [5.41, 5.74) is -0.362. The first kappa shape index (κ1) is 22.5. The lowest BCUT2D eigenvalue weighted by Gasteiger charge is -2.19. The van der Waals surface area contributed by atoms with E-state index in [9.17, 15) is 18.0 Å². The van der Waals surface area contributed by atoms with Crippen molar-refractivity contribution in [3.8, 4) is 0 Å². The molecule has 0 aromatic heterocycles. The topological polar surface area (TPSA) is 132 Å². The maximum Gasteiger partial charge on any atom is 0.407 e. The van der Waals surface area contributed by atoms with Crippen molar-refractivity contribution < 1.29 is 32.2 Å². The van der Waals surface area contributed by atoms with Gasteiger partial charge in [0.15, 0.2) is 0 Å². The van der Waals surface area contributed by atoms with E-state index in [2.05, 4.69) is 15.4 Å². The smallest absolute Gasteiger partial charge is 0.407 e. The van der Waals surface area contributed by atoms with Crippen LogP contribution in [-0.4, -0.2) is 52.3 Å². The molecule has 160 valence electrons. The fraction of sp³-hybridized carbons (Fsp3) is 0.444. The number of hydrogen-bond donors (Lipinski definition) is 3. The Morgan fingerprint density at radius 3 is 2.59 bits per heavy atom. The molecule has 0 fully saturated rings. The highest BCUT2D eigenvalue weighted by molar-refractivity contribution is 7.89. The zero-order valence-corrected chi connectivity index (χ0v) is 17.3. The van der Waals surface area contributed by atoms with Crippen molar-refractivity contribution in [3.05, 3.63) is 36.3 Å². The molecule has 1 aromatic carbocycles. The molecule has 2 amide bonds. The van der Waals surface area contributed by atoms with Crippen molar-refractivity contribution in [2.24, 2.45) is 0 Å². The highest BCUT2D eigenvalue weighted by atomic mass is 32.2. The van der Waals surface area contributed by atoms with Gasteiger partial charge in [-0.05, 0) is 39.0 Å². The number of nitrogens with one attached hydrogen (secondary N) is 3. The number of anilines is 1. The summed E-state index contributed by atoms with van der Waals surface area (Å²) in [6.07, 6.45) is 0.572. The molecule has 1 aliphatic heterocycles. The predicted molar refractivity (Wildman–Crippen MR) is 104 cm³/mol. The average molecular weight is 427 g/mol. The molecule has 0 saturated heterocycles. The third-order valence-corrected chi connectivity index (χ3v) is 4.82. The number of benzene rings is 1. The van der Waals surface area contributed by atoms with Gasteiger partial charge >= 0.3 is 6.09 Å². The number of ether oxygens (including phenoxy) is 3. The summed E-state index contributed by atoms with van der Waals surface area (Å²) in [5, 5.41) is 5.01. The van der Waals surface area contributed by atoms with Crippen LogP contribution in [-0.2, 0) is 29.0 Å². The van der Waals surface area contributed by atoms with Crippen LogP contribution in [0.3, 0.4) is 0 Å². The molecular weight excluding hydrogens is 402 g/mol. The maximum atomic E-state index is 12.4. The minimum absolute atomic E-state index is 0.0100. The van der Waals surface area contributed by atoms with Gasteiger partial charge in [0.25, 0.3) is 5.91 Å². The Balaban J connectivity index is 1.90. The summed E-state index contributed by atoms with van der Waals surface area (Å²) in [7, 11) is -3.84. The second-order valence-corrected chi connectivity index (χ2v) is 8.78. The Kier molecular flexibility index (Phi) is 7.46. The minimum Gasteiger partial charge on any atom is -0.494 e. The molecule has 0 radical (unpaired) electrons. The van der Waals surface area contributed by atoms with Gasteiger partial charge in [-0.3, -0.25) is 4.79 Å². The molecule has 0 aliphatic carbocycles. The van der Waals surface area contributed by atoms with Gasteiger partial charge in [0, 0.05) is 18.8 Å². The molecule has 29 heavy (non-hydrogen) atoms. The van der Waals surface area contributed by atoms with E-state index in [4.69, 9.17) is 14.2 Å². The predicted octanol–water partition coefficient (Wildman–Crippen LogP) is 1.32. The SMILES string of the molecule is CC(C)(C)OC(=O)NCCNS(=O)(=O)c1cccc(NC(=O)C2=COCCO2)c1. The molecule has 2 rings (SSSR count). The maximum absolute atomic E-state index is 12.4. The second kappa shape index (κ2) is 9.61. The minimum atomic E-state index is -3.84. The lowest BCUT2D eigenvalue weighted by molar-refractivity contribution is -0.117. The van der Waals surface area contributed by atoms with Gasteiger partial charge < -0.3 is 24.8 Å². The Morgan fingerprint density at radius 2 is 1.93 bits per heavy atom. The fourth-order valence-electron chi connectivity index (χ4n) is 2.17. The Bertz CT molecular complexity index is 876. The van der Waals surface area contributed by atoms with Gasteiger partial charge in [0.2, 0.25) is 15.8 Å². The van der Waals surface area contributed by atoms with Crippen LogP contribution in [0.4, 0.5) is 10.5 Å². The molecule has 1 heterocycles. The average Bonchev–Trinajstić information content (AvgIpc) is 2.65. The van der Waals surface area contributed by atoms with Gasteiger partial charge in [-0.25, -0.2) is 17.9 Å². The normalized spacial score (nSPS) is 14.1. The molecule has 0 unspecified atom stereocenters. The van der Waals surface area contributed by atoms with Crippen LogP contribution in [0.25, 0.3) is 0 Å². The van der Waals surface area contributed by atoms with E-state index in [-0.39, 0.29) is 36.0 Å². The van der Waals surface area contributed by atoms with Crippen LogP contribution >= 0.6 is 0 Å². The largest absolute Gasteiger partial charge is 0.494 e. The number of carbonyl (C=O) groups excluding carboxylic acids is 2. The first-order chi connectivity index (χ1) is 13.6. The lowest BCUT2D eigenvalue weighted by Crippen LogP contribution is -2.37. The monoisotopic (exact) mass is 427 g/mol. The summed E-state index contributed by atoms with van der Waals surface area (Å²) in [6, 6.07) is 5.74. The van der Waals surface area contributed by atoms with Crippen molar-refractivity contribution in [2.75, 3.05) is 31.6 Å². The molecular formula is C18H25N3O7S. The number of sulfonamides is 1. The summed E-state index contributed by atoms with van der Waals surface area (Å²) in [4.78, 5) is 23.6. The lowest BCUT2D eigenvalue weighted by atomic mass is 10.2. The quantitative estimate of drug-likeness (QED) is 0.559. The zero-order valence-electron chi connectivity index (χ0n) is 16.5. The molecule has 1 aromatic rings. The number of carbonyl (C=O) groups is 2. The number of hydrogen-bond acceptors (Lipinski definition) is 7. The number of rotatable bonds is 7. The summed E-state index contributed by atoms with van der Waals surface area (Å²) in [5.74, 6) is -0.537. The van der Waals surface area contributed by atoms with E-state index in [0.717, 1.165) is 0 Å². The van der Waals surface area contributed by atoms with Crippen LogP contribution in [0.15, 0.2) is 41.2 Å². The van der Waals surface area contributed by atoms with Gasteiger partial charge in [-0.2, -0.15) is 0 Å². The number of alkyl carbamates (subject to hydrolysis) is 1. The number of amides is 2. The summed E-state index contributed by atoms with van der Waals surface area (Å²) < 4.78 is 42.5. The Labute approximate surface area is 169 Å². The van der Waals surface area contributed by atoms with E-state index < -0.39 is 27.6 Å². The molecule has 0 spiro atoms. The molecule has 0 atom stereocenters. The molecule has 0 saturated carbocycles. The van der Waals surface area contributed by atoms with Crippen LogP contribution < -0.4 is 15.4 Å². The van der Waals surface area contributed by atoms with Crippen molar-refractivity contribution in [1.82, 2.24) is 10.0 Å². The van der Waals surface area contributed by atoms with Gasteiger partial charge in [0.1, 0.15) is 25.1 Å².